The van der Waals surface area contributed by atoms with Gasteiger partial charge in [0.1, 0.15) is 4.83 Å². The molecule has 31 heavy (non-hydrogen) atoms. The van der Waals surface area contributed by atoms with Crippen LogP contribution >= 0.6 is 23.1 Å². The van der Waals surface area contributed by atoms with Gasteiger partial charge in [-0.05, 0) is 62.1 Å². The van der Waals surface area contributed by atoms with Crippen LogP contribution in [0.5, 0.6) is 0 Å². The molecule has 5 nitrogen and oxygen atoms in total. The Bertz CT molecular complexity index is 1310. The van der Waals surface area contributed by atoms with Crippen LogP contribution in [0.15, 0.2) is 34.2 Å². The number of aromatic nitrogens is 4. The Balaban J connectivity index is 1.82. The summed E-state index contributed by atoms with van der Waals surface area (Å²) in [7, 11) is 0. The topological polar surface area (TPSA) is 52.2 Å². The molecule has 0 radical (unpaired) electrons. The zero-order chi connectivity index (χ0) is 21.7. The molecular weight excluding hydrogens is 424 g/mol. The zero-order valence-corrected chi connectivity index (χ0v) is 20.1. The summed E-state index contributed by atoms with van der Waals surface area (Å²) < 4.78 is 3.90. The van der Waals surface area contributed by atoms with E-state index in [1.165, 1.54) is 22.4 Å². The van der Waals surface area contributed by atoms with Gasteiger partial charge in [0, 0.05) is 10.6 Å². The smallest absolute Gasteiger partial charge is 0.268 e. The van der Waals surface area contributed by atoms with Crippen LogP contribution < -0.4 is 5.56 Å². The van der Waals surface area contributed by atoms with E-state index in [0.29, 0.717) is 17.6 Å². The zero-order valence-electron chi connectivity index (χ0n) is 18.5. The maximum Gasteiger partial charge on any atom is 0.268 e. The van der Waals surface area contributed by atoms with Crippen LogP contribution in [0.2, 0.25) is 0 Å². The first-order chi connectivity index (χ1) is 15.0. The second-order valence-electron chi connectivity index (χ2n) is 9.04. The maximum atomic E-state index is 13.9. The summed E-state index contributed by atoms with van der Waals surface area (Å²) in [5, 5.41) is 10.8. The lowest BCUT2D eigenvalue weighted by Crippen LogP contribution is -2.22. The van der Waals surface area contributed by atoms with E-state index >= 15 is 0 Å². The Morgan fingerprint density at radius 3 is 2.74 bits per heavy atom. The van der Waals surface area contributed by atoms with E-state index in [1.54, 1.807) is 27.7 Å². The Hall–Kier alpha value is -2.12. The highest BCUT2D eigenvalue weighted by Gasteiger charge is 2.28. The number of fused-ring (bicyclic) bond motifs is 5. The standard InChI is InChI=1S/C24H28N4OS2/c1-14(2)12-13-30-24-26-25-23-27(17-10-8-15(3)9-11-17)21(29)20-19-16(4)6-5-7-18(19)31-22(20)28(23)24/h8-11,14,16H,5-7,12-13H2,1-4H3/t16-/m0/s1. The molecule has 1 aromatic carbocycles. The van der Waals surface area contributed by atoms with Gasteiger partial charge in [0.05, 0.1) is 11.1 Å². The fraction of sp³-hybridized carbons (Fsp3) is 0.458. The largest absolute Gasteiger partial charge is 0.268 e. The molecule has 0 saturated carbocycles. The third-order valence-electron chi connectivity index (χ3n) is 6.19. The number of rotatable bonds is 5. The Morgan fingerprint density at radius 1 is 1.23 bits per heavy atom. The lowest BCUT2D eigenvalue weighted by Gasteiger charge is -2.18. The summed E-state index contributed by atoms with van der Waals surface area (Å²) in [4.78, 5) is 16.3. The summed E-state index contributed by atoms with van der Waals surface area (Å²) in [6.07, 6.45) is 4.51. The van der Waals surface area contributed by atoms with E-state index in [4.69, 9.17) is 0 Å². The molecule has 3 aromatic heterocycles. The van der Waals surface area contributed by atoms with Gasteiger partial charge in [-0.1, -0.05) is 50.2 Å². The second-order valence-corrected chi connectivity index (χ2v) is 11.2. The third-order valence-corrected chi connectivity index (χ3v) is 8.40. The van der Waals surface area contributed by atoms with Crippen LogP contribution in [-0.2, 0) is 6.42 Å². The van der Waals surface area contributed by atoms with Crippen LogP contribution in [0.4, 0.5) is 0 Å². The molecule has 0 aliphatic heterocycles. The Labute approximate surface area is 190 Å². The molecular formula is C24H28N4OS2. The SMILES string of the molecule is Cc1ccc(-n2c(=O)c3c4c(sc3n3c(SCCC(C)C)nnc23)CCC[C@@H]4C)cc1. The maximum absolute atomic E-state index is 13.9. The number of nitrogens with zero attached hydrogens (tertiary/aromatic N) is 4. The van der Waals surface area contributed by atoms with Gasteiger partial charge in [-0.15, -0.1) is 21.5 Å². The summed E-state index contributed by atoms with van der Waals surface area (Å²) in [6.45, 7) is 8.80. The van der Waals surface area contributed by atoms with Crippen molar-refractivity contribution in [2.45, 2.75) is 64.5 Å². The van der Waals surface area contributed by atoms with Gasteiger partial charge in [-0.3, -0.25) is 4.79 Å². The number of hydrogen-bond acceptors (Lipinski definition) is 5. The van der Waals surface area contributed by atoms with E-state index < -0.39 is 0 Å². The molecule has 0 fully saturated rings. The summed E-state index contributed by atoms with van der Waals surface area (Å²) in [5.74, 6) is 2.65. The van der Waals surface area contributed by atoms with Crippen molar-refractivity contribution in [3.8, 4) is 5.69 Å². The Morgan fingerprint density at radius 2 is 2.00 bits per heavy atom. The van der Waals surface area contributed by atoms with Gasteiger partial charge in [0.15, 0.2) is 5.16 Å². The normalized spacial score (nSPS) is 16.5. The van der Waals surface area contributed by atoms with Crippen LogP contribution in [0.3, 0.4) is 0 Å². The molecule has 0 bridgehead atoms. The predicted octanol–water partition coefficient (Wildman–Crippen LogP) is 5.98. The lowest BCUT2D eigenvalue weighted by atomic mass is 9.88. The number of aryl methyl sites for hydroxylation is 2. The van der Waals surface area contributed by atoms with Crippen molar-refractivity contribution in [2.75, 3.05) is 5.75 Å². The fourth-order valence-corrected chi connectivity index (χ4v) is 7.14. The monoisotopic (exact) mass is 452 g/mol. The highest BCUT2D eigenvalue weighted by molar-refractivity contribution is 7.99. The first-order valence-electron chi connectivity index (χ1n) is 11.1. The average Bonchev–Trinajstić information content (AvgIpc) is 3.32. The van der Waals surface area contributed by atoms with Gasteiger partial charge in [-0.25, -0.2) is 8.97 Å². The van der Waals surface area contributed by atoms with Crippen molar-refractivity contribution in [3.05, 3.63) is 50.6 Å². The minimum Gasteiger partial charge on any atom is -0.268 e. The molecule has 4 aromatic rings. The highest BCUT2D eigenvalue weighted by atomic mass is 32.2. The molecule has 5 rings (SSSR count). The average molecular weight is 453 g/mol. The second kappa shape index (κ2) is 8.10. The molecule has 0 N–H and O–H groups in total. The van der Waals surface area contributed by atoms with Gasteiger partial charge in [0.2, 0.25) is 5.78 Å². The molecule has 1 aliphatic carbocycles. The van der Waals surface area contributed by atoms with Crippen molar-refractivity contribution in [1.29, 1.82) is 0 Å². The number of benzene rings is 1. The molecule has 7 heteroatoms. The summed E-state index contributed by atoms with van der Waals surface area (Å²) >= 11 is 3.51. The van der Waals surface area contributed by atoms with E-state index in [1.807, 2.05) is 24.3 Å². The van der Waals surface area contributed by atoms with Gasteiger partial charge >= 0.3 is 0 Å². The van der Waals surface area contributed by atoms with Gasteiger partial charge < -0.3 is 0 Å². The molecule has 1 aliphatic rings. The molecule has 162 valence electrons. The molecule has 1 atom stereocenters. The van der Waals surface area contributed by atoms with E-state index in [2.05, 4.69) is 42.3 Å². The van der Waals surface area contributed by atoms with Gasteiger partial charge in [0.25, 0.3) is 5.56 Å². The number of thiophene rings is 1. The van der Waals surface area contributed by atoms with Crippen LogP contribution in [-0.4, -0.2) is 24.9 Å². The van der Waals surface area contributed by atoms with E-state index in [9.17, 15) is 4.79 Å². The molecule has 0 saturated heterocycles. The lowest BCUT2D eigenvalue weighted by molar-refractivity contribution is 0.601. The minimum absolute atomic E-state index is 0.0312. The van der Waals surface area contributed by atoms with Crippen molar-refractivity contribution in [1.82, 2.24) is 19.2 Å². The van der Waals surface area contributed by atoms with Crippen molar-refractivity contribution < 1.29 is 0 Å². The Kier molecular flexibility index (Phi) is 5.42. The summed E-state index contributed by atoms with van der Waals surface area (Å²) in [5.41, 5.74) is 3.30. The third kappa shape index (κ3) is 3.52. The predicted molar refractivity (Wildman–Crippen MR) is 130 cm³/mol. The van der Waals surface area contributed by atoms with E-state index in [-0.39, 0.29) is 5.56 Å². The molecule has 0 spiro atoms. The van der Waals surface area contributed by atoms with Crippen LogP contribution in [0, 0.1) is 12.8 Å². The highest BCUT2D eigenvalue weighted by Crippen LogP contribution is 2.41. The van der Waals surface area contributed by atoms with Crippen molar-refractivity contribution >= 4 is 39.1 Å². The number of hydrogen-bond donors (Lipinski definition) is 0. The number of thioether (sulfide) groups is 1. The van der Waals surface area contributed by atoms with Crippen molar-refractivity contribution in [3.63, 3.8) is 0 Å². The van der Waals surface area contributed by atoms with Crippen LogP contribution in [0.1, 0.15) is 62.0 Å². The molecule has 0 unspecified atom stereocenters. The molecule has 3 heterocycles. The van der Waals surface area contributed by atoms with Crippen molar-refractivity contribution in [2.24, 2.45) is 5.92 Å². The quantitative estimate of drug-likeness (QED) is 0.350. The van der Waals surface area contributed by atoms with Gasteiger partial charge in [-0.2, -0.15) is 0 Å². The minimum atomic E-state index is 0.0312. The first-order valence-corrected chi connectivity index (χ1v) is 12.9. The molecule has 0 amide bonds. The summed E-state index contributed by atoms with van der Waals surface area (Å²) in [6, 6.07) is 8.10. The first kappa shape index (κ1) is 20.8. The fourth-order valence-electron chi connectivity index (χ4n) is 4.45. The van der Waals surface area contributed by atoms with E-state index in [0.717, 1.165) is 46.1 Å². The van der Waals surface area contributed by atoms with Crippen LogP contribution in [0.25, 0.3) is 21.7 Å².